The summed E-state index contributed by atoms with van der Waals surface area (Å²) in [7, 11) is 0. The van der Waals surface area contributed by atoms with Gasteiger partial charge in [0.15, 0.2) is 0 Å². The Morgan fingerprint density at radius 2 is 1.03 bits per heavy atom. The smallest absolute Gasteiger partial charge is 0.0665 e. The van der Waals surface area contributed by atoms with E-state index in [1.54, 1.807) is 0 Å². The van der Waals surface area contributed by atoms with Gasteiger partial charge in [-0.3, -0.25) is 4.99 Å². The summed E-state index contributed by atoms with van der Waals surface area (Å²) in [6, 6.07) is 77.0. The van der Waals surface area contributed by atoms with Crippen LogP contribution in [0.25, 0.3) is 44.5 Å². The third kappa shape index (κ3) is 8.79. The van der Waals surface area contributed by atoms with E-state index >= 15 is 0 Å². The van der Waals surface area contributed by atoms with Gasteiger partial charge in [0.2, 0.25) is 0 Å². The number of rotatable bonds is 11. The van der Waals surface area contributed by atoms with Gasteiger partial charge in [-0.25, -0.2) is 0 Å². The fourth-order valence-corrected chi connectivity index (χ4v) is 8.80. The number of nitrogens with zero attached hydrogens (tertiary/aromatic N) is 1. The molecule has 0 radical (unpaired) electrons. The van der Waals surface area contributed by atoms with Crippen molar-refractivity contribution < 1.29 is 0 Å². The van der Waals surface area contributed by atoms with Crippen molar-refractivity contribution in [2.24, 2.45) is 4.99 Å². The minimum atomic E-state index is 0.198. The highest BCUT2D eigenvalue weighted by Gasteiger charge is 2.26. The molecule has 0 N–H and O–H groups in total. The fraction of sp³-hybridized carbons (Fsp3) is 0.117. The standard InChI is InChI=1S/C60H51N/c1-42(31-36-57(48-23-12-6-13-24-48)44(3)43(2)45-19-8-4-9-20-45)51-28-18-29-52(37-51)56-39-54(46-21-10-5-11-22-46)38-55(40-56)47-32-34-50(35-33-47)60-58(49-25-14-7-15-26-49)41-53-27-16-17-30-59(53)61-60/h4-30,32-40,42,58H,31,41H2,1-3H3/b44-43+,57-36-/t42?,58-/m0/s1. The number of allylic oxidation sites excluding steroid dienone is 4. The van der Waals surface area contributed by atoms with E-state index in [4.69, 9.17) is 4.99 Å². The van der Waals surface area contributed by atoms with Gasteiger partial charge in [0, 0.05) is 5.92 Å². The number of benzene rings is 8. The third-order valence-electron chi connectivity index (χ3n) is 12.5. The van der Waals surface area contributed by atoms with Crippen molar-refractivity contribution in [1.82, 2.24) is 0 Å². The molecule has 0 saturated heterocycles. The Balaban J connectivity index is 1.05. The number of hydrogen-bond acceptors (Lipinski definition) is 1. The highest BCUT2D eigenvalue weighted by atomic mass is 14.8. The quantitative estimate of drug-likeness (QED) is 0.116. The zero-order chi connectivity index (χ0) is 41.5. The summed E-state index contributed by atoms with van der Waals surface area (Å²) < 4.78 is 0. The van der Waals surface area contributed by atoms with Gasteiger partial charge >= 0.3 is 0 Å². The topological polar surface area (TPSA) is 12.4 Å². The lowest BCUT2D eigenvalue weighted by molar-refractivity contribution is 0.782. The van der Waals surface area contributed by atoms with Crippen molar-refractivity contribution >= 4 is 22.5 Å². The van der Waals surface area contributed by atoms with E-state index < -0.39 is 0 Å². The number of aliphatic imine (C=N–C) groups is 1. The van der Waals surface area contributed by atoms with Crippen molar-refractivity contribution in [2.45, 2.75) is 45.4 Å². The van der Waals surface area contributed by atoms with Crippen LogP contribution in [-0.2, 0) is 6.42 Å². The van der Waals surface area contributed by atoms with E-state index in [1.165, 1.54) is 83.5 Å². The predicted molar refractivity (Wildman–Crippen MR) is 260 cm³/mol. The summed E-state index contributed by atoms with van der Waals surface area (Å²) in [4.78, 5) is 5.28. The first kappa shape index (κ1) is 39.4. The van der Waals surface area contributed by atoms with Crippen LogP contribution < -0.4 is 0 Å². The van der Waals surface area contributed by atoms with Crippen molar-refractivity contribution in [2.75, 3.05) is 0 Å². The second-order valence-corrected chi connectivity index (χ2v) is 16.4. The van der Waals surface area contributed by atoms with Gasteiger partial charge in [0.05, 0.1) is 11.4 Å². The van der Waals surface area contributed by atoms with Crippen LogP contribution in [0, 0.1) is 0 Å². The molecule has 0 fully saturated rings. The summed E-state index contributed by atoms with van der Waals surface area (Å²) in [5, 5.41) is 0. The van der Waals surface area contributed by atoms with Crippen LogP contribution in [0.5, 0.6) is 0 Å². The first-order valence-electron chi connectivity index (χ1n) is 21.6. The molecule has 0 spiro atoms. The highest BCUT2D eigenvalue weighted by Crippen LogP contribution is 2.39. The SMILES string of the molecule is CC(/C(=C/CC(C)c1cccc(-c2cc(-c3ccccc3)cc(-c3ccc(C4=Nc5ccccc5C[C@H]4c4ccccc4)cc3)c2)c1)c1ccccc1)=C(/C)c1ccccc1. The normalized spacial score (nSPS) is 14.7. The summed E-state index contributed by atoms with van der Waals surface area (Å²) in [5.41, 5.74) is 21.0. The van der Waals surface area contributed by atoms with Gasteiger partial charge in [0.1, 0.15) is 0 Å². The van der Waals surface area contributed by atoms with Crippen molar-refractivity contribution in [3.63, 3.8) is 0 Å². The maximum atomic E-state index is 5.28. The molecule has 0 amide bonds. The summed E-state index contributed by atoms with van der Waals surface area (Å²) in [5.74, 6) is 0.520. The molecule has 0 saturated carbocycles. The third-order valence-corrected chi connectivity index (χ3v) is 12.5. The van der Waals surface area contributed by atoms with Crippen LogP contribution in [0.15, 0.2) is 229 Å². The second-order valence-electron chi connectivity index (χ2n) is 16.4. The van der Waals surface area contributed by atoms with E-state index in [0.29, 0.717) is 5.92 Å². The summed E-state index contributed by atoms with van der Waals surface area (Å²) in [6.45, 7) is 6.86. The molecular formula is C60H51N. The van der Waals surface area contributed by atoms with Gasteiger partial charge < -0.3 is 0 Å². The maximum absolute atomic E-state index is 5.28. The van der Waals surface area contributed by atoms with Crippen molar-refractivity contribution in [3.8, 4) is 33.4 Å². The largest absolute Gasteiger partial charge is 0.252 e. The highest BCUT2D eigenvalue weighted by molar-refractivity contribution is 6.08. The second kappa shape index (κ2) is 18.0. The molecule has 0 aromatic heterocycles. The van der Waals surface area contributed by atoms with Crippen molar-refractivity contribution in [3.05, 3.63) is 257 Å². The molecule has 9 rings (SSSR count). The molecule has 8 aromatic carbocycles. The molecule has 2 atom stereocenters. The first-order chi connectivity index (χ1) is 30.0. The minimum absolute atomic E-state index is 0.198. The molecule has 0 bridgehead atoms. The molecule has 1 heterocycles. The fourth-order valence-electron chi connectivity index (χ4n) is 8.80. The van der Waals surface area contributed by atoms with E-state index in [9.17, 15) is 0 Å². The average molecular weight is 786 g/mol. The molecule has 8 aromatic rings. The Morgan fingerprint density at radius 1 is 0.508 bits per heavy atom. The van der Waals surface area contributed by atoms with Crippen LogP contribution in [0.3, 0.4) is 0 Å². The van der Waals surface area contributed by atoms with Gasteiger partial charge in [-0.1, -0.05) is 201 Å². The van der Waals surface area contributed by atoms with Crippen molar-refractivity contribution in [1.29, 1.82) is 0 Å². The number of hydrogen-bond donors (Lipinski definition) is 0. The molecule has 296 valence electrons. The maximum Gasteiger partial charge on any atom is 0.0665 e. The van der Waals surface area contributed by atoms with Gasteiger partial charge in [-0.2, -0.15) is 0 Å². The lowest BCUT2D eigenvalue weighted by atomic mass is 9.82. The van der Waals surface area contributed by atoms with Crippen LogP contribution >= 0.6 is 0 Å². The Kier molecular flexibility index (Phi) is 11.6. The Labute approximate surface area is 362 Å². The van der Waals surface area contributed by atoms with Gasteiger partial charge in [-0.15, -0.1) is 0 Å². The Morgan fingerprint density at radius 3 is 1.70 bits per heavy atom. The Hall–Kier alpha value is -7.09. The Bertz CT molecular complexity index is 2850. The first-order valence-corrected chi connectivity index (χ1v) is 21.6. The molecule has 61 heavy (non-hydrogen) atoms. The van der Waals surface area contributed by atoms with E-state index in [2.05, 4.69) is 239 Å². The molecule has 1 unspecified atom stereocenters. The van der Waals surface area contributed by atoms with E-state index in [0.717, 1.165) is 24.2 Å². The lowest BCUT2D eigenvalue weighted by Crippen LogP contribution is -2.20. The number of para-hydroxylation sites is 1. The summed E-state index contributed by atoms with van der Waals surface area (Å²) >= 11 is 0. The predicted octanol–water partition coefficient (Wildman–Crippen LogP) is 16.2. The van der Waals surface area contributed by atoms with Gasteiger partial charge in [0.25, 0.3) is 0 Å². The molecule has 0 aliphatic carbocycles. The zero-order valence-corrected chi connectivity index (χ0v) is 35.3. The van der Waals surface area contributed by atoms with Gasteiger partial charge in [-0.05, 0) is 140 Å². The summed E-state index contributed by atoms with van der Waals surface area (Å²) in [6.07, 6.45) is 4.32. The zero-order valence-electron chi connectivity index (χ0n) is 35.3. The average Bonchev–Trinajstić information content (AvgIpc) is 3.34. The molecular weight excluding hydrogens is 735 g/mol. The minimum Gasteiger partial charge on any atom is -0.252 e. The van der Waals surface area contributed by atoms with Crippen LogP contribution in [0.2, 0.25) is 0 Å². The lowest BCUT2D eigenvalue weighted by Gasteiger charge is -2.26. The van der Waals surface area contributed by atoms with Crippen LogP contribution in [-0.4, -0.2) is 5.71 Å². The van der Waals surface area contributed by atoms with E-state index in [-0.39, 0.29) is 5.92 Å². The van der Waals surface area contributed by atoms with Crippen LogP contribution in [0.1, 0.15) is 72.4 Å². The monoisotopic (exact) mass is 785 g/mol. The molecule has 1 aliphatic heterocycles. The molecule has 1 heteroatoms. The molecule has 1 aliphatic rings. The number of fused-ring (bicyclic) bond motifs is 1. The van der Waals surface area contributed by atoms with Crippen LogP contribution in [0.4, 0.5) is 5.69 Å². The van der Waals surface area contributed by atoms with E-state index in [1.807, 2.05) is 0 Å². The molecule has 1 nitrogen and oxygen atoms in total.